The summed E-state index contributed by atoms with van der Waals surface area (Å²) in [4.78, 5) is 10.8. The molecule has 1 aromatic heterocycles. The lowest BCUT2D eigenvalue weighted by atomic mass is 10.1. The molecule has 0 radical (unpaired) electrons. The predicted molar refractivity (Wildman–Crippen MR) is 60.6 cm³/mol. The number of hydrogen-bond donors (Lipinski definition) is 1. The van der Waals surface area contributed by atoms with Gasteiger partial charge in [0.1, 0.15) is 12.4 Å². The number of aromatic nitrogens is 2. The molecule has 0 aliphatic heterocycles. The molecule has 1 heterocycles. The lowest BCUT2D eigenvalue weighted by molar-refractivity contribution is 0.0692. The van der Waals surface area contributed by atoms with Crippen molar-refractivity contribution in [1.29, 1.82) is 0 Å². The Kier molecular flexibility index (Phi) is 3.55. The lowest BCUT2D eigenvalue weighted by Gasteiger charge is -2.03. The molecule has 4 nitrogen and oxygen atoms in total. The molecule has 0 fully saturated rings. The van der Waals surface area contributed by atoms with E-state index >= 15 is 0 Å². The lowest BCUT2D eigenvalue weighted by Crippen LogP contribution is -2.06. The highest BCUT2D eigenvalue weighted by Gasteiger charge is 2.16. The molecule has 2 aromatic rings. The van der Waals surface area contributed by atoms with Crippen molar-refractivity contribution in [3.05, 3.63) is 42.0 Å². The summed E-state index contributed by atoms with van der Waals surface area (Å²) >= 11 is 0. The van der Waals surface area contributed by atoms with E-state index in [4.69, 9.17) is 5.11 Å². The molecule has 19 heavy (non-hydrogen) atoms. The van der Waals surface area contributed by atoms with Gasteiger partial charge in [-0.1, -0.05) is 12.1 Å². The molecule has 0 saturated heterocycles. The molecule has 0 unspecified atom stereocenters. The van der Waals surface area contributed by atoms with Crippen molar-refractivity contribution in [1.82, 2.24) is 9.78 Å². The van der Waals surface area contributed by atoms with Crippen LogP contribution in [0, 0.1) is 5.82 Å². The molecule has 0 aliphatic carbocycles. The molecule has 2 rings (SSSR count). The zero-order chi connectivity index (χ0) is 14.0. The number of halogens is 3. The number of benzene rings is 1. The number of hydrogen-bond acceptors (Lipinski definition) is 2. The molecule has 1 aromatic carbocycles. The number of rotatable bonds is 4. The standard InChI is InChI=1S/C12H9F3N2O2/c13-10(14)6-17-5-7(4-16-17)8-2-1-3-9(11(8)15)12(18)19/h1-5,10H,6H2,(H,18,19). The van der Waals surface area contributed by atoms with E-state index in [0.29, 0.717) is 0 Å². The molecule has 1 N–H and O–H groups in total. The van der Waals surface area contributed by atoms with Crippen LogP contribution >= 0.6 is 0 Å². The van der Waals surface area contributed by atoms with E-state index in [9.17, 15) is 18.0 Å². The fourth-order valence-electron chi connectivity index (χ4n) is 1.66. The quantitative estimate of drug-likeness (QED) is 0.929. The predicted octanol–water partition coefficient (Wildman–Crippen LogP) is 2.65. The molecule has 0 aliphatic rings. The van der Waals surface area contributed by atoms with Gasteiger partial charge in [-0.25, -0.2) is 18.0 Å². The Balaban J connectivity index is 2.39. The highest BCUT2D eigenvalue weighted by molar-refractivity contribution is 5.89. The van der Waals surface area contributed by atoms with Gasteiger partial charge in [0.05, 0.1) is 11.8 Å². The fraction of sp³-hybridized carbons (Fsp3) is 0.167. The second-order valence-electron chi connectivity index (χ2n) is 3.81. The Morgan fingerprint density at radius 3 is 2.79 bits per heavy atom. The molecule has 0 saturated carbocycles. The average molecular weight is 270 g/mol. The van der Waals surface area contributed by atoms with Gasteiger partial charge >= 0.3 is 5.97 Å². The summed E-state index contributed by atoms with van der Waals surface area (Å²) in [5.41, 5.74) is -0.208. The summed E-state index contributed by atoms with van der Waals surface area (Å²) in [6.07, 6.45) is -0.106. The monoisotopic (exact) mass is 270 g/mol. The minimum Gasteiger partial charge on any atom is -0.478 e. The number of nitrogens with zero attached hydrogens (tertiary/aromatic N) is 2. The van der Waals surface area contributed by atoms with E-state index in [1.54, 1.807) is 0 Å². The Labute approximate surface area is 106 Å². The molecular weight excluding hydrogens is 261 g/mol. The Hall–Kier alpha value is -2.31. The second-order valence-corrected chi connectivity index (χ2v) is 3.81. The largest absolute Gasteiger partial charge is 0.478 e. The van der Waals surface area contributed by atoms with E-state index in [1.165, 1.54) is 24.5 Å². The normalized spacial score (nSPS) is 10.9. The van der Waals surface area contributed by atoms with Gasteiger partial charge in [0.15, 0.2) is 0 Å². The summed E-state index contributed by atoms with van der Waals surface area (Å²) in [6, 6.07) is 3.88. The van der Waals surface area contributed by atoms with Gasteiger partial charge in [0.2, 0.25) is 0 Å². The van der Waals surface area contributed by atoms with Crippen LogP contribution in [0.3, 0.4) is 0 Å². The third-order valence-corrected chi connectivity index (χ3v) is 2.50. The number of carboxylic acid groups (broad SMARTS) is 1. The van der Waals surface area contributed by atoms with Gasteiger partial charge in [-0.05, 0) is 6.07 Å². The van der Waals surface area contributed by atoms with Crippen LogP contribution in [0.5, 0.6) is 0 Å². The Morgan fingerprint density at radius 1 is 1.42 bits per heavy atom. The first kappa shape index (κ1) is 13.1. The molecule has 7 heteroatoms. The molecule has 100 valence electrons. The van der Waals surface area contributed by atoms with Crippen molar-refractivity contribution in [2.45, 2.75) is 13.0 Å². The van der Waals surface area contributed by atoms with E-state index < -0.39 is 30.3 Å². The SMILES string of the molecule is O=C(O)c1cccc(-c2cnn(CC(F)F)c2)c1F. The zero-order valence-electron chi connectivity index (χ0n) is 9.55. The van der Waals surface area contributed by atoms with E-state index in [2.05, 4.69) is 5.10 Å². The fourth-order valence-corrected chi connectivity index (χ4v) is 1.66. The van der Waals surface area contributed by atoms with Gasteiger partial charge in [-0.3, -0.25) is 4.68 Å². The highest BCUT2D eigenvalue weighted by Crippen LogP contribution is 2.24. The second kappa shape index (κ2) is 5.13. The van der Waals surface area contributed by atoms with Crippen LogP contribution in [-0.2, 0) is 6.54 Å². The third-order valence-electron chi connectivity index (χ3n) is 2.50. The topological polar surface area (TPSA) is 55.1 Å². The number of carboxylic acids is 1. The maximum absolute atomic E-state index is 13.9. The summed E-state index contributed by atoms with van der Waals surface area (Å²) in [7, 11) is 0. The summed E-state index contributed by atoms with van der Waals surface area (Å²) < 4.78 is 39.2. The van der Waals surface area contributed by atoms with E-state index in [1.807, 2.05) is 0 Å². The molecular formula is C12H9F3N2O2. The van der Waals surface area contributed by atoms with Crippen LogP contribution in [0.25, 0.3) is 11.1 Å². The maximum Gasteiger partial charge on any atom is 0.338 e. The minimum absolute atomic E-state index is 0.0143. The van der Waals surface area contributed by atoms with Crippen molar-refractivity contribution in [2.24, 2.45) is 0 Å². The molecule has 0 spiro atoms. The molecule has 0 bridgehead atoms. The van der Waals surface area contributed by atoms with Crippen LogP contribution in [-0.4, -0.2) is 27.3 Å². The molecule has 0 atom stereocenters. The first-order chi connectivity index (χ1) is 8.99. The van der Waals surface area contributed by atoms with Crippen LogP contribution < -0.4 is 0 Å². The zero-order valence-corrected chi connectivity index (χ0v) is 9.55. The first-order valence-corrected chi connectivity index (χ1v) is 5.32. The van der Waals surface area contributed by atoms with E-state index in [0.717, 1.165) is 10.7 Å². The average Bonchev–Trinajstić information content (AvgIpc) is 2.76. The number of aromatic carboxylic acids is 1. The van der Waals surface area contributed by atoms with Gasteiger partial charge in [-0.15, -0.1) is 0 Å². The Morgan fingerprint density at radius 2 is 2.16 bits per heavy atom. The van der Waals surface area contributed by atoms with Crippen molar-refractivity contribution in [2.75, 3.05) is 0 Å². The maximum atomic E-state index is 13.9. The summed E-state index contributed by atoms with van der Waals surface area (Å²) in [5.74, 6) is -2.30. The van der Waals surface area contributed by atoms with Gasteiger partial charge < -0.3 is 5.11 Å². The Bertz CT molecular complexity index is 611. The van der Waals surface area contributed by atoms with Gasteiger partial charge in [0, 0.05) is 17.3 Å². The van der Waals surface area contributed by atoms with Gasteiger partial charge in [-0.2, -0.15) is 5.10 Å². The van der Waals surface area contributed by atoms with Crippen LogP contribution in [0.1, 0.15) is 10.4 Å². The van der Waals surface area contributed by atoms with Crippen molar-refractivity contribution >= 4 is 5.97 Å². The highest BCUT2D eigenvalue weighted by atomic mass is 19.3. The third kappa shape index (κ3) is 2.75. The number of alkyl halides is 2. The van der Waals surface area contributed by atoms with Crippen molar-refractivity contribution < 1.29 is 23.1 Å². The van der Waals surface area contributed by atoms with Crippen molar-refractivity contribution in [3.8, 4) is 11.1 Å². The van der Waals surface area contributed by atoms with Crippen LogP contribution in [0.15, 0.2) is 30.6 Å². The van der Waals surface area contributed by atoms with E-state index in [-0.39, 0.29) is 11.1 Å². The number of carbonyl (C=O) groups is 1. The van der Waals surface area contributed by atoms with Gasteiger partial charge in [0.25, 0.3) is 6.43 Å². The van der Waals surface area contributed by atoms with Crippen molar-refractivity contribution in [3.63, 3.8) is 0 Å². The molecule has 0 amide bonds. The first-order valence-electron chi connectivity index (χ1n) is 5.32. The van der Waals surface area contributed by atoms with Crippen LogP contribution in [0.2, 0.25) is 0 Å². The minimum atomic E-state index is -2.57. The summed E-state index contributed by atoms with van der Waals surface area (Å²) in [6.45, 7) is -0.597. The summed E-state index contributed by atoms with van der Waals surface area (Å²) in [5, 5.41) is 12.5. The smallest absolute Gasteiger partial charge is 0.338 e. The van der Waals surface area contributed by atoms with Crippen LogP contribution in [0.4, 0.5) is 13.2 Å².